The summed E-state index contributed by atoms with van der Waals surface area (Å²) in [6, 6.07) is 11.4. The lowest BCUT2D eigenvalue weighted by Crippen LogP contribution is -2.41. The second kappa shape index (κ2) is 7.93. The summed E-state index contributed by atoms with van der Waals surface area (Å²) in [5, 5.41) is 6.69. The van der Waals surface area contributed by atoms with E-state index in [0.29, 0.717) is 31.3 Å². The molecular formula is C15H18ClN3O3. The predicted molar refractivity (Wildman–Crippen MR) is 85.1 cm³/mol. The van der Waals surface area contributed by atoms with E-state index in [0.717, 1.165) is 18.7 Å². The van der Waals surface area contributed by atoms with Crippen molar-refractivity contribution in [1.29, 1.82) is 0 Å². The number of carbonyl (C=O) groups is 1. The van der Waals surface area contributed by atoms with E-state index in [1.807, 2.05) is 35.2 Å². The molecule has 1 aliphatic rings. The molecule has 118 valence electrons. The molecule has 2 aromatic rings. The monoisotopic (exact) mass is 323 g/mol. The van der Waals surface area contributed by atoms with Gasteiger partial charge in [-0.25, -0.2) is 0 Å². The minimum atomic E-state index is -0.104. The van der Waals surface area contributed by atoms with Crippen LogP contribution in [0.3, 0.4) is 0 Å². The molecule has 3 rings (SSSR count). The molecule has 0 saturated carbocycles. The van der Waals surface area contributed by atoms with Crippen LogP contribution in [0.4, 0.5) is 5.88 Å². The number of aromatic nitrogens is 1. The first-order chi connectivity index (χ1) is 10.3. The van der Waals surface area contributed by atoms with Gasteiger partial charge in [0, 0.05) is 24.7 Å². The lowest BCUT2D eigenvalue weighted by molar-refractivity contribution is -0.118. The molecule has 1 amide bonds. The van der Waals surface area contributed by atoms with Gasteiger partial charge in [-0.05, 0) is 0 Å². The Balaban J connectivity index is 0.00000176. The zero-order chi connectivity index (χ0) is 14.5. The number of morpholine rings is 1. The molecule has 0 atom stereocenters. The zero-order valence-electron chi connectivity index (χ0n) is 12.0. The van der Waals surface area contributed by atoms with Crippen molar-refractivity contribution in [1.82, 2.24) is 10.1 Å². The lowest BCUT2D eigenvalue weighted by Gasteiger charge is -2.25. The van der Waals surface area contributed by atoms with Gasteiger partial charge in [0.15, 0.2) is 0 Å². The summed E-state index contributed by atoms with van der Waals surface area (Å²) in [4.78, 5) is 14.0. The summed E-state index contributed by atoms with van der Waals surface area (Å²) < 4.78 is 10.4. The van der Waals surface area contributed by atoms with Gasteiger partial charge in [0.25, 0.3) is 0 Å². The van der Waals surface area contributed by atoms with Crippen LogP contribution in [0, 0.1) is 0 Å². The van der Waals surface area contributed by atoms with Gasteiger partial charge in [-0.1, -0.05) is 35.5 Å². The molecular weight excluding hydrogens is 306 g/mol. The number of anilines is 1. The van der Waals surface area contributed by atoms with Crippen LogP contribution in [0.15, 0.2) is 40.9 Å². The van der Waals surface area contributed by atoms with E-state index in [1.165, 1.54) is 0 Å². The molecule has 1 aromatic heterocycles. The maximum Gasteiger partial charge on any atom is 0.240 e. The Morgan fingerprint density at radius 1 is 1.23 bits per heavy atom. The second-order valence-corrected chi connectivity index (χ2v) is 4.88. The number of nitrogens with zero attached hydrogens (tertiary/aromatic N) is 2. The number of rotatable bonds is 4. The van der Waals surface area contributed by atoms with Crippen LogP contribution >= 0.6 is 12.4 Å². The van der Waals surface area contributed by atoms with Gasteiger partial charge >= 0.3 is 0 Å². The smallest absolute Gasteiger partial charge is 0.240 e. The Hall–Kier alpha value is -1.89. The molecule has 22 heavy (non-hydrogen) atoms. The van der Waals surface area contributed by atoms with Crippen LogP contribution in [0.5, 0.6) is 0 Å². The minimum Gasteiger partial charge on any atom is -0.379 e. The van der Waals surface area contributed by atoms with Gasteiger partial charge in [-0.3, -0.25) is 15.0 Å². The van der Waals surface area contributed by atoms with Crippen molar-refractivity contribution in [3.8, 4) is 11.3 Å². The van der Waals surface area contributed by atoms with Crippen molar-refractivity contribution >= 4 is 24.2 Å². The van der Waals surface area contributed by atoms with Gasteiger partial charge in [-0.15, -0.1) is 12.4 Å². The molecule has 1 aliphatic heterocycles. The molecule has 7 heteroatoms. The van der Waals surface area contributed by atoms with E-state index in [1.54, 1.807) is 6.07 Å². The Morgan fingerprint density at radius 3 is 2.68 bits per heavy atom. The number of benzene rings is 1. The number of halogens is 1. The number of hydrogen-bond acceptors (Lipinski definition) is 5. The number of amides is 1. The third-order valence-corrected chi connectivity index (χ3v) is 3.31. The quantitative estimate of drug-likeness (QED) is 0.932. The highest BCUT2D eigenvalue weighted by molar-refractivity contribution is 5.91. The Labute approximate surface area is 134 Å². The van der Waals surface area contributed by atoms with Crippen molar-refractivity contribution in [3.63, 3.8) is 0 Å². The molecule has 0 spiro atoms. The van der Waals surface area contributed by atoms with Gasteiger partial charge in [-0.2, -0.15) is 0 Å². The van der Waals surface area contributed by atoms with E-state index in [4.69, 9.17) is 9.26 Å². The first-order valence-electron chi connectivity index (χ1n) is 6.93. The van der Waals surface area contributed by atoms with E-state index in [9.17, 15) is 4.79 Å². The van der Waals surface area contributed by atoms with Crippen molar-refractivity contribution < 1.29 is 14.1 Å². The van der Waals surface area contributed by atoms with Gasteiger partial charge in [0.1, 0.15) is 5.69 Å². The van der Waals surface area contributed by atoms with E-state index < -0.39 is 0 Å². The van der Waals surface area contributed by atoms with Crippen molar-refractivity contribution in [2.75, 3.05) is 38.2 Å². The predicted octanol–water partition coefficient (Wildman–Crippen LogP) is 2.03. The number of carbonyl (C=O) groups excluding carboxylic acids is 1. The average molecular weight is 324 g/mol. The third-order valence-electron chi connectivity index (χ3n) is 3.31. The SMILES string of the molecule is Cl.O=C(CN1CCOCC1)Nc1cc(-c2ccccc2)no1. The fourth-order valence-corrected chi connectivity index (χ4v) is 2.22. The van der Waals surface area contributed by atoms with E-state index in [-0.39, 0.29) is 18.3 Å². The standard InChI is InChI=1S/C15H17N3O3.ClH/c19-14(11-18-6-8-20-9-7-18)16-15-10-13(17-21-15)12-4-2-1-3-5-12;/h1-5,10H,6-9,11H2,(H,16,19);1H. The lowest BCUT2D eigenvalue weighted by atomic mass is 10.2. The van der Waals surface area contributed by atoms with Crippen LogP contribution in [-0.4, -0.2) is 48.8 Å². The Kier molecular flexibility index (Phi) is 5.94. The van der Waals surface area contributed by atoms with Gasteiger partial charge in [0.05, 0.1) is 19.8 Å². The summed E-state index contributed by atoms with van der Waals surface area (Å²) in [6.45, 7) is 3.24. The number of nitrogens with one attached hydrogen (secondary N) is 1. The summed E-state index contributed by atoms with van der Waals surface area (Å²) in [7, 11) is 0. The summed E-state index contributed by atoms with van der Waals surface area (Å²) in [5.74, 6) is 0.264. The first-order valence-corrected chi connectivity index (χ1v) is 6.93. The normalized spacial score (nSPS) is 15.1. The van der Waals surface area contributed by atoms with Crippen molar-refractivity contribution in [2.24, 2.45) is 0 Å². The highest BCUT2D eigenvalue weighted by Gasteiger charge is 2.15. The van der Waals surface area contributed by atoms with Gasteiger partial charge in [0.2, 0.25) is 11.8 Å². The molecule has 1 aromatic carbocycles. The topological polar surface area (TPSA) is 67.6 Å². The molecule has 6 nitrogen and oxygen atoms in total. The molecule has 0 radical (unpaired) electrons. The molecule has 0 bridgehead atoms. The Morgan fingerprint density at radius 2 is 1.95 bits per heavy atom. The maximum atomic E-state index is 11.9. The molecule has 1 saturated heterocycles. The molecule has 0 aliphatic carbocycles. The van der Waals surface area contributed by atoms with E-state index >= 15 is 0 Å². The zero-order valence-corrected chi connectivity index (χ0v) is 12.8. The average Bonchev–Trinajstić information content (AvgIpc) is 2.97. The van der Waals surface area contributed by atoms with Crippen molar-refractivity contribution in [2.45, 2.75) is 0 Å². The van der Waals surface area contributed by atoms with Gasteiger partial charge < -0.3 is 9.26 Å². The van der Waals surface area contributed by atoms with Crippen LogP contribution in [0.2, 0.25) is 0 Å². The molecule has 0 unspecified atom stereocenters. The number of ether oxygens (including phenoxy) is 1. The molecule has 1 N–H and O–H groups in total. The van der Waals surface area contributed by atoms with E-state index in [2.05, 4.69) is 10.5 Å². The maximum absolute atomic E-state index is 11.9. The summed E-state index contributed by atoms with van der Waals surface area (Å²) in [5.41, 5.74) is 1.66. The van der Waals surface area contributed by atoms with Crippen LogP contribution < -0.4 is 5.32 Å². The summed E-state index contributed by atoms with van der Waals surface area (Å²) >= 11 is 0. The van der Waals surface area contributed by atoms with Crippen LogP contribution in [0.1, 0.15) is 0 Å². The Bertz CT molecular complexity index is 597. The molecule has 1 fully saturated rings. The largest absolute Gasteiger partial charge is 0.379 e. The summed E-state index contributed by atoms with van der Waals surface area (Å²) in [6.07, 6.45) is 0. The fraction of sp³-hybridized carbons (Fsp3) is 0.333. The first kappa shape index (κ1) is 16.5. The van der Waals surface area contributed by atoms with Crippen molar-refractivity contribution in [3.05, 3.63) is 36.4 Å². The third kappa shape index (κ3) is 4.30. The fourth-order valence-electron chi connectivity index (χ4n) is 2.22. The van der Waals surface area contributed by atoms with Crippen LogP contribution in [0.25, 0.3) is 11.3 Å². The minimum absolute atomic E-state index is 0. The van der Waals surface area contributed by atoms with Crippen LogP contribution in [-0.2, 0) is 9.53 Å². The number of hydrogen-bond donors (Lipinski definition) is 1. The molecule has 2 heterocycles. The second-order valence-electron chi connectivity index (χ2n) is 4.88. The highest BCUT2D eigenvalue weighted by Crippen LogP contribution is 2.21. The highest BCUT2D eigenvalue weighted by atomic mass is 35.5.